The summed E-state index contributed by atoms with van der Waals surface area (Å²) in [6, 6.07) is 3.40. The normalized spacial score (nSPS) is 14.2. The van der Waals surface area contributed by atoms with Gasteiger partial charge in [-0.05, 0) is 62.8 Å². The van der Waals surface area contributed by atoms with E-state index >= 15 is 0 Å². The van der Waals surface area contributed by atoms with Gasteiger partial charge in [0.2, 0.25) is 0 Å². The molecule has 1 atom stereocenters. The van der Waals surface area contributed by atoms with Crippen LogP contribution in [0.4, 0.5) is 5.00 Å². The topological polar surface area (TPSA) is 94.8 Å². The third-order valence-electron chi connectivity index (χ3n) is 4.74. The van der Waals surface area contributed by atoms with Crippen molar-refractivity contribution in [2.24, 2.45) is 0 Å². The number of ether oxygens (including phenoxy) is 2. The highest BCUT2D eigenvalue weighted by Crippen LogP contribution is 2.38. The third kappa shape index (κ3) is 5.18. The van der Waals surface area contributed by atoms with Crippen LogP contribution >= 0.6 is 11.3 Å². The van der Waals surface area contributed by atoms with Crippen LogP contribution < -0.4 is 5.32 Å². The van der Waals surface area contributed by atoms with Crippen molar-refractivity contribution < 1.29 is 28.3 Å². The van der Waals surface area contributed by atoms with E-state index in [9.17, 15) is 14.4 Å². The largest absolute Gasteiger partial charge is 0.465 e. The molecule has 0 fully saturated rings. The van der Waals surface area contributed by atoms with Crippen molar-refractivity contribution in [2.45, 2.75) is 52.1 Å². The maximum absolute atomic E-state index is 12.8. The number of aryl methyl sites for hydroxylation is 1. The predicted octanol–water partition coefficient (Wildman–Crippen LogP) is 4.37. The van der Waals surface area contributed by atoms with Gasteiger partial charge in [-0.25, -0.2) is 9.59 Å². The summed E-state index contributed by atoms with van der Waals surface area (Å²) in [6.45, 7) is 3.76. The maximum atomic E-state index is 12.8. The van der Waals surface area contributed by atoms with Crippen molar-refractivity contribution in [3.63, 3.8) is 0 Å². The minimum atomic E-state index is -0.979. The first-order valence-electron chi connectivity index (χ1n) is 10.1. The van der Waals surface area contributed by atoms with E-state index in [1.54, 1.807) is 26.0 Å². The second kappa shape index (κ2) is 10.2. The Morgan fingerprint density at radius 1 is 1.27 bits per heavy atom. The highest BCUT2D eigenvalue weighted by Gasteiger charge is 2.29. The van der Waals surface area contributed by atoms with Crippen LogP contribution in [-0.4, -0.2) is 30.6 Å². The van der Waals surface area contributed by atoms with Crippen molar-refractivity contribution in [3.8, 4) is 0 Å². The van der Waals surface area contributed by atoms with Crippen LogP contribution in [-0.2, 0) is 31.9 Å². The van der Waals surface area contributed by atoms with E-state index in [-0.39, 0.29) is 6.61 Å². The average Bonchev–Trinajstić information content (AvgIpc) is 3.37. The molecular weight excluding hydrogens is 406 g/mol. The highest BCUT2D eigenvalue weighted by molar-refractivity contribution is 7.17. The van der Waals surface area contributed by atoms with Gasteiger partial charge in [-0.3, -0.25) is 4.79 Å². The fourth-order valence-electron chi connectivity index (χ4n) is 3.30. The fraction of sp³-hybridized carbons (Fsp3) is 0.409. The summed E-state index contributed by atoms with van der Waals surface area (Å²) < 4.78 is 15.6. The van der Waals surface area contributed by atoms with Gasteiger partial charge >= 0.3 is 11.9 Å². The van der Waals surface area contributed by atoms with Crippen LogP contribution in [0.1, 0.15) is 59.7 Å². The van der Waals surface area contributed by atoms with Crippen LogP contribution in [0.5, 0.6) is 0 Å². The Kier molecular flexibility index (Phi) is 7.46. The molecule has 2 heterocycles. The molecule has 1 aliphatic rings. The Morgan fingerprint density at radius 3 is 2.77 bits per heavy atom. The molecule has 160 valence electrons. The molecular formula is C22H25NO6S. The van der Waals surface area contributed by atoms with Crippen molar-refractivity contribution in [3.05, 3.63) is 46.2 Å². The molecule has 8 heteroatoms. The predicted molar refractivity (Wildman–Crippen MR) is 113 cm³/mol. The van der Waals surface area contributed by atoms with Gasteiger partial charge in [-0.2, -0.15) is 0 Å². The number of nitrogens with one attached hydrogen (secondary N) is 1. The zero-order chi connectivity index (χ0) is 21.5. The van der Waals surface area contributed by atoms with E-state index in [4.69, 9.17) is 13.9 Å². The van der Waals surface area contributed by atoms with Gasteiger partial charge in [-0.15, -0.1) is 11.3 Å². The fourth-order valence-corrected chi connectivity index (χ4v) is 4.58. The molecule has 0 radical (unpaired) electrons. The molecule has 0 aliphatic heterocycles. The summed E-state index contributed by atoms with van der Waals surface area (Å²) >= 11 is 1.40. The molecule has 3 rings (SSSR count). The average molecular weight is 432 g/mol. The minimum Gasteiger partial charge on any atom is -0.465 e. The van der Waals surface area contributed by atoms with Crippen LogP contribution in [0.2, 0.25) is 0 Å². The molecule has 0 unspecified atom stereocenters. The molecule has 0 spiro atoms. The first kappa shape index (κ1) is 21.8. The van der Waals surface area contributed by atoms with Crippen LogP contribution in [0.3, 0.4) is 0 Å². The van der Waals surface area contributed by atoms with Gasteiger partial charge < -0.3 is 19.2 Å². The second-order valence-corrected chi connectivity index (χ2v) is 7.91. The van der Waals surface area contributed by atoms with Gasteiger partial charge in [0, 0.05) is 11.0 Å². The monoisotopic (exact) mass is 431 g/mol. The number of fused-ring (bicyclic) bond motifs is 1. The highest BCUT2D eigenvalue weighted by atomic mass is 32.1. The molecule has 1 amide bonds. The lowest BCUT2D eigenvalue weighted by molar-refractivity contribution is -0.149. The van der Waals surface area contributed by atoms with Gasteiger partial charge in [-0.1, -0.05) is 6.92 Å². The van der Waals surface area contributed by atoms with E-state index in [0.717, 1.165) is 36.1 Å². The van der Waals surface area contributed by atoms with Crippen LogP contribution in [0.25, 0.3) is 6.08 Å². The molecule has 0 saturated heterocycles. The quantitative estimate of drug-likeness (QED) is 0.493. The molecule has 0 saturated carbocycles. The Labute approximate surface area is 179 Å². The SMILES string of the molecule is CCOC(=O)c1c(NC(=O)[C@@H](CC)OC(=O)/C=C/c2ccco2)sc2c1CCCC2. The number of carbonyl (C=O) groups is 3. The Hall–Kier alpha value is -2.87. The number of esters is 2. The van der Waals surface area contributed by atoms with Crippen molar-refractivity contribution in [2.75, 3.05) is 11.9 Å². The van der Waals surface area contributed by atoms with Gasteiger partial charge in [0.05, 0.1) is 18.4 Å². The lowest BCUT2D eigenvalue weighted by Crippen LogP contribution is -2.31. The summed E-state index contributed by atoms with van der Waals surface area (Å²) in [7, 11) is 0. The van der Waals surface area contributed by atoms with E-state index in [0.29, 0.717) is 22.7 Å². The standard InChI is InChI=1S/C22H25NO6S/c1-3-16(29-18(24)12-11-14-8-7-13-28-14)20(25)23-21-19(22(26)27-4-2)15-9-5-6-10-17(15)30-21/h7-8,11-13,16H,3-6,9-10H2,1-2H3,(H,23,25)/b12-11+/t16-/m1/s1. The van der Waals surface area contributed by atoms with Crippen molar-refractivity contribution in [1.82, 2.24) is 0 Å². The number of thiophene rings is 1. The second-order valence-electron chi connectivity index (χ2n) is 6.81. The molecule has 2 aromatic heterocycles. The van der Waals surface area contributed by atoms with Gasteiger partial charge in [0.15, 0.2) is 6.10 Å². The Balaban J connectivity index is 1.72. The number of amides is 1. The number of rotatable bonds is 8. The molecule has 1 N–H and O–H groups in total. The van der Waals surface area contributed by atoms with Crippen LogP contribution in [0, 0.1) is 0 Å². The van der Waals surface area contributed by atoms with Gasteiger partial charge in [0.25, 0.3) is 5.91 Å². The lowest BCUT2D eigenvalue weighted by atomic mass is 9.95. The maximum Gasteiger partial charge on any atom is 0.341 e. The Morgan fingerprint density at radius 2 is 2.07 bits per heavy atom. The van der Waals surface area contributed by atoms with E-state index in [2.05, 4.69) is 5.32 Å². The first-order valence-corrected chi connectivity index (χ1v) is 10.9. The first-order chi connectivity index (χ1) is 14.5. The molecule has 0 bridgehead atoms. The molecule has 2 aromatic rings. The number of anilines is 1. The lowest BCUT2D eigenvalue weighted by Gasteiger charge is -2.15. The molecule has 0 aromatic carbocycles. The smallest absolute Gasteiger partial charge is 0.341 e. The molecule has 30 heavy (non-hydrogen) atoms. The number of hydrogen-bond donors (Lipinski definition) is 1. The van der Waals surface area contributed by atoms with Gasteiger partial charge in [0.1, 0.15) is 10.8 Å². The zero-order valence-corrected chi connectivity index (χ0v) is 17.9. The summed E-state index contributed by atoms with van der Waals surface area (Å²) in [5.74, 6) is -1.04. The summed E-state index contributed by atoms with van der Waals surface area (Å²) in [4.78, 5) is 38.5. The summed E-state index contributed by atoms with van der Waals surface area (Å²) in [6.07, 6.45) is 7.23. The molecule has 7 nitrogen and oxygen atoms in total. The third-order valence-corrected chi connectivity index (χ3v) is 5.94. The number of carbonyl (C=O) groups excluding carboxylic acids is 3. The minimum absolute atomic E-state index is 0.258. The van der Waals surface area contributed by atoms with E-state index in [1.165, 1.54) is 29.8 Å². The van der Waals surface area contributed by atoms with Crippen LogP contribution in [0.15, 0.2) is 28.9 Å². The van der Waals surface area contributed by atoms with E-state index < -0.39 is 23.9 Å². The number of hydrogen-bond acceptors (Lipinski definition) is 7. The van der Waals surface area contributed by atoms with Crippen molar-refractivity contribution in [1.29, 1.82) is 0 Å². The zero-order valence-electron chi connectivity index (χ0n) is 17.1. The summed E-state index contributed by atoms with van der Waals surface area (Å²) in [5.41, 5.74) is 1.40. The summed E-state index contributed by atoms with van der Waals surface area (Å²) in [5, 5.41) is 3.26. The van der Waals surface area contributed by atoms with E-state index in [1.807, 2.05) is 0 Å². The molecule has 1 aliphatic carbocycles. The Bertz CT molecular complexity index is 928. The number of furan rings is 1. The van der Waals surface area contributed by atoms with Crippen molar-refractivity contribution >= 4 is 40.3 Å².